The van der Waals surface area contributed by atoms with Crippen LogP contribution in [0.1, 0.15) is 44.9 Å². The van der Waals surface area contributed by atoms with E-state index in [0.29, 0.717) is 12.4 Å². The van der Waals surface area contributed by atoms with E-state index in [4.69, 9.17) is 0 Å². The zero-order valence-electron chi connectivity index (χ0n) is 13.8. The van der Waals surface area contributed by atoms with Gasteiger partial charge in [0, 0.05) is 29.1 Å². The fraction of sp³-hybridized carbons (Fsp3) is 0.471. The Bertz CT molecular complexity index is 680. The van der Waals surface area contributed by atoms with E-state index in [1.807, 2.05) is 18.3 Å². The topological polar surface area (TPSA) is 82.7 Å². The molecule has 1 fully saturated rings. The van der Waals surface area contributed by atoms with Crippen molar-refractivity contribution in [3.05, 3.63) is 35.8 Å². The van der Waals surface area contributed by atoms with Gasteiger partial charge in [-0.2, -0.15) is 5.10 Å². The molecule has 0 saturated heterocycles. The third-order valence-electron chi connectivity index (χ3n) is 3.91. The molecule has 0 spiro atoms. The second-order valence-electron chi connectivity index (χ2n) is 7.07. The van der Waals surface area contributed by atoms with Crippen molar-refractivity contribution in [3.8, 4) is 0 Å². The molecule has 2 heterocycles. The molecule has 23 heavy (non-hydrogen) atoms. The highest BCUT2D eigenvalue weighted by molar-refractivity contribution is 5.93. The van der Waals surface area contributed by atoms with Gasteiger partial charge < -0.3 is 10.6 Å². The molecule has 0 aliphatic heterocycles. The van der Waals surface area contributed by atoms with Gasteiger partial charge in [-0.1, -0.05) is 20.8 Å². The Morgan fingerprint density at radius 3 is 2.70 bits per heavy atom. The number of nitrogens with zero attached hydrogens (tertiary/aromatic N) is 2. The van der Waals surface area contributed by atoms with E-state index in [1.165, 1.54) is 0 Å². The van der Waals surface area contributed by atoms with Crippen molar-refractivity contribution in [2.45, 2.75) is 45.6 Å². The average molecular weight is 313 g/mol. The van der Waals surface area contributed by atoms with Gasteiger partial charge in [0.2, 0.25) is 5.91 Å². The number of hydrogen-bond acceptors (Lipinski definition) is 4. The Kier molecular flexibility index (Phi) is 4.07. The number of carbonyl (C=O) groups is 1. The minimum absolute atomic E-state index is 0.0305. The lowest BCUT2D eigenvalue weighted by Gasteiger charge is -2.18. The number of nitrogens with one attached hydrogen (secondary N) is 3. The molecule has 3 N–H and O–H groups in total. The summed E-state index contributed by atoms with van der Waals surface area (Å²) in [7, 11) is 0. The maximum absolute atomic E-state index is 11.7. The number of hydrogen-bond donors (Lipinski definition) is 3. The molecule has 0 bridgehead atoms. The Hall–Kier alpha value is -2.37. The number of pyridine rings is 1. The van der Waals surface area contributed by atoms with E-state index in [0.717, 1.165) is 29.8 Å². The fourth-order valence-electron chi connectivity index (χ4n) is 2.44. The molecule has 122 valence electrons. The second kappa shape index (κ2) is 6.02. The van der Waals surface area contributed by atoms with Crippen LogP contribution in [0.15, 0.2) is 24.5 Å². The zero-order chi connectivity index (χ0) is 16.4. The first kappa shape index (κ1) is 15.5. The van der Waals surface area contributed by atoms with Crippen LogP contribution in [-0.2, 0) is 16.8 Å². The molecule has 2 aromatic heterocycles. The van der Waals surface area contributed by atoms with Crippen molar-refractivity contribution in [1.82, 2.24) is 15.2 Å². The van der Waals surface area contributed by atoms with E-state index < -0.39 is 0 Å². The Labute approximate surface area is 136 Å². The second-order valence-corrected chi connectivity index (χ2v) is 7.07. The molecule has 2 aromatic rings. The maximum atomic E-state index is 11.7. The fourth-order valence-corrected chi connectivity index (χ4v) is 2.44. The molecule has 0 radical (unpaired) electrons. The molecule has 1 saturated carbocycles. The molecule has 6 nitrogen and oxygen atoms in total. The summed E-state index contributed by atoms with van der Waals surface area (Å²) < 4.78 is 0. The predicted molar refractivity (Wildman–Crippen MR) is 90.2 cm³/mol. The minimum Gasteiger partial charge on any atom is -0.380 e. The highest BCUT2D eigenvalue weighted by Crippen LogP contribution is 2.30. The van der Waals surface area contributed by atoms with E-state index in [2.05, 4.69) is 46.6 Å². The summed E-state index contributed by atoms with van der Waals surface area (Å²) in [5.41, 5.74) is 3.22. The number of anilines is 2. The van der Waals surface area contributed by atoms with Crippen molar-refractivity contribution in [2.75, 3.05) is 10.6 Å². The first-order chi connectivity index (χ1) is 10.9. The molecule has 0 atom stereocenters. The van der Waals surface area contributed by atoms with Gasteiger partial charge >= 0.3 is 0 Å². The number of carbonyl (C=O) groups excluding carboxylic acids is 1. The summed E-state index contributed by atoms with van der Waals surface area (Å²) in [5, 5.41) is 13.4. The lowest BCUT2D eigenvalue weighted by Crippen LogP contribution is -2.16. The van der Waals surface area contributed by atoms with Gasteiger partial charge in [-0.15, -0.1) is 0 Å². The number of rotatable bonds is 5. The summed E-state index contributed by atoms with van der Waals surface area (Å²) >= 11 is 0. The summed E-state index contributed by atoms with van der Waals surface area (Å²) in [6, 6.07) is 3.75. The smallest absolute Gasteiger partial charge is 0.228 e. The lowest BCUT2D eigenvalue weighted by molar-refractivity contribution is -0.117. The molecule has 6 heteroatoms. The van der Waals surface area contributed by atoms with Crippen molar-refractivity contribution in [1.29, 1.82) is 0 Å². The molecule has 0 aromatic carbocycles. The number of aromatic amines is 1. The van der Waals surface area contributed by atoms with Crippen molar-refractivity contribution in [2.24, 2.45) is 5.92 Å². The lowest BCUT2D eigenvalue weighted by atomic mass is 9.89. The molecule has 1 aliphatic carbocycles. The van der Waals surface area contributed by atoms with Crippen molar-refractivity contribution >= 4 is 17.4 Å². The van der Waals surface area contributed by atoms with Gasteiger partial charge in [-0.25, -0.2) is 4.98 Å². The molecule has 0 unspecified atom stereocenters. The largest absolute Gasteiger partial charge is 0.380 e. The molecule has 1 amide bonds. The summed E-state index contributed by atoms with van der Waals surface area (Å²) in [6.07, 6.45) is 5.57. The van der Waals surface area contributed by atoms with Crippen LogP contribution in [0, 0.1) is 5.92 Å². The highest BCUT2D eigenvalue weighted by Gasteiger charge is 2.29. The monoisotopic (exact) mass is 313 g/mol. The van der Waals surface area contributed by atoms with Crippen LogP contribution in [0.4, 0.5) is 11.5 Å². The molecule has 1 aliphatic rings. The van der Waals surface area contributed by atoms with Crippen LogP contribution in [0.3, 0.4) is 0 Å². The first-order valence-electron chi connectivity index (χ1n) is 7.97. The maximum Gasteiger partial charge on any atom is 0.228 e. The summed E-state index contributed by atoms with van der Waals surface area (Å²) in [6.45, 7) is 7.15. The van der Waals surface area contributed by atoms with Gasteiger partial charge in [0.25, 0.3) is 0 Å². The summed E-state index contributed by atoms with van der Waals surface area (Å²) in [5.74, 6) is 0.865. The average Bonchev–Trinajstić information content (AvgIpc) is 3.24. The standard InChI is InChI=1S/C17H23N5O/c1-17(2,3)15-12(9-20-22-15)8-18-13-6-7-14(19-10-13)21-16(23)11-4-5-11/h6-7,9-11,18H,4-5,8H2,1-3H3,(H,20,22)(H,19,21,23). The molecule has 3 rings (SSSR count). The van der Waals surface area contributed by atoms with Crippen LogP contribution < -0.4 is 10.6 Å². The van der Waals surface area contributed by atoms with Crippen LogP contribution >= 0.6 is 0 Å². The predicted octanol–water partition coefficient (Wildman–Crippen LogP) is 3.06. The van der Waals surface area contributed by atoms with Crippen molar-refractivity contribution < 1.29 is 4.79 Å². The SMILES string of the molecule is CC(C)(C)c1[nH]ncc1CNc1ccc(NC(=O)C2CC2)nc1. The number of H-pyrrole nitrogens is 1. The normalized spacial score (nSPS) is 14.6. The quantitative estimate of drug-likeness (QED) is 0.792. The van der Waals surface area contributed by atoms with E-state index in [-0.39, 0.29) is 17.2 Å². The van der Waals surface area contributed by atoms with Gasteiger partial charge in [-0.3, -0.25) is 9.89 Å². The molecular formula is C17H23N5O. The Balaban J connectivity index is 1.58. The van der Waals surface area contributed by atoms with Gasteiger partial charge in [0.1, 0.15) is 5.82 Å². The highest BCUT2D eigenvalue weighted by atomic mass is 16.2. The number of amides is 1. The van der Waals surface area contributed by atoms with E-state index in [1.54, 1.807) is 6.20 Å². The molecular weight excluding hydrogens is 290 g/mol. The van der Waals surface area contributed by atoms with Crippen LogP contribution in [0.5, 0.6) is 0 Å². The van der Waals surface area contributed by atoms with E-state index >= 15 is 0 Å². The van der Waals surface area contributed by atoms with Gasteiger partial charge in [0.15, 0.2) is 0 Å². The first-order valence-corrected chi connectivity index (χ1v) is 7.97. The summed E-state index contributed by atoms with van der Waals surface area (Å²) in [4.78, 5) is 16.0. The van der Waals surface area contributed by atoms with Crippen molar-refractivity contribution in [3.63, 3.8) is 0 Å². The zero-order valence-corrected chi connectivity index (χ0v) is 13.8. The van der Waals surface area contributed by atoms with Gasteiger partial charge in [-0.05, 0) is 25.0 Å². The van der Waals surface area contributed by atoms with E-state index in [9.17, 15) is 4.79 Å². The third kappa shape index (κ3) is 3.88. The van der Waals surface area contributed by atoms with Crippen LogP contribution in [0.2, 0.25) is 0 Å². The number of aromatic nitrogens is 3. The third-order valence-corrected chi connectivity index (χ3v) is 3.91. The Morgan fingerprint density at radius 2 is 2.09 bits per heavy atom. The van der Waals surface area contributed by atoms with Crippen LogP contribution in [0.25, 0.3) is 0 Å². The minimum atomic E-state index is 0.0305. The van der Waals surface area contributed by atoms with Gasteiger partial charge in [0.05, 0.1) is 18.1 Å². The van der Waals surface area contributed by atoms with Crippen LogP contribution in [-0.4, -0.2) is 21.1 Å². The Morgan fingerprint density at radius 1 is 1.30 bits per heavy atom.